The Balaban J connectivity index is 0.955. The van der Waals surface area contributed by atoms with Crippen molar-refractivity contribution in [1.29, 1.82) is 0 Å². The molecule has 0 N–H and O–H groups in total. The van der Waals surface area contributed by atoms with Crippen molar-refractivity contribution < 1.29 is 0 Å². The van der Waals surface area contributed by atoms with Gasteiger partial charge in [0.1, 0.15) is 0 Å². The summed E-state index contributed by atoms with van der Waals surface area (Å²) in [5, 5.41) is 0. The second-order valence-electron chi connectivity index (χ2n) is 18.8. The van der Waals surface area contributed by atoms with E-state index in [1.165, 1.54) is 94.6 Å². The van der Waals surface area contributed by atoms with Crippen LogP contribution in [0.25, 0.3) is 84.2 Å². The van der Waals surface area contributed by atoms with Crippen LogP contribution in [0.2, 0.25) is 0 Å². The average molecular weight is 864 g/mol. The SMILES string of the molecule is C1=CC2=C(CC1)C1(c3cc(-c4nc(-c5ccc(-c6ccccc6)cc5)nc(-c5ccc6c(c5)C5(c7ccccc7-c7ccccc75)c5ccccc5-6)n4)ccc32)c2ccccc2-c2ccccc21. The van der Waals surface area contributed by atoms with E-state index in [1.54, 1.807) is 0 Å². The molecule has 0 fully saturated rings. The number of allylic oxidation sites excluding steroid dienone is 4. The molecule has 9 aromatic carbocycles. The quantitative estimate of drug-likeness (QED) is 0.177. The van der Waals surface area contributed by atoms with Crippen LogP contribution in [0.5, 0.6) is 0 Å². The number of nitrogens with zero attached hydrogens (tertiary/aromatic N) is 3. The van der Waals surface area contributed by atoms with Crippen molar-refractivity contribution in [3.63, 3.8) is 0 Å². The number of rotatable bonds is 4. The Bertz CT molecular complexity index is 3750. The monoisotopic (exact) mass is 863 g/mol. The van der Waals surface area contributed by atoms with Gasteiger partial charge in [-0.1, -0.05) is 212 Å². The molecule has 68 heavy (non-hydrogen) atoms. The van der Waals surface area contributed by atoms with Gasteiger partial charge in [-0.15, -0.1) is 0 Å². The first-order chi connectivity index (χ1) is 33.7. The fourth-order valence-corrected chi connectivity index (χ4v) is 13.0. The van der Waals surface area contributed by atoms with Gasteiger partial charge < -0.3 is 0 Å². The molecule has 0 radical (unpaired) electrons. The summed E-state index contributed by atoms with van der Waals surface area (Å²) in [5.74, 6) is 1.95. The lowest BCUT2D eigenvalue weighted by Gasteiger charge is -2.33. The van der Waals surface area contributed by atoms with Gasteiger partial charge >= 0.3 is 0 Å². The Labute approximate surface area is 395 Å². The molecule has 15 rings (SSSR count). The zero-order valence-corrected chi connectivity index (χ0v) is 37.1. The summed E-state index contributed by atoms with van der Waals surface area (Å²) in [7, 11) is 0. The summed E-state index contributed by atoms with van der Waals surface area (Å²) in [6, 6.07) is 78.1. The number of aromatic nitrogens is 3. The predicted molar refractivity (Wildman–Crippen MR) is 275 cm³/mol. The minimum atomic E-state index is -0.482. The molecule has 3 heteroatoms. The molecule has 1 aromatic heterocycles. The first-order valence-corrected chi connectivity index (χ1v) is 23.8. The molecule has 0 saturated carbocycles. The van der Waals surface area contributed by atoms with E-state index >= 15 is 0 Å². The maximum absolute atomic E-state index is 5.51. The highest BCUT2D eigenvalue weighted by atomic mass is 15.0. The molecule has 316 valence electrons. The summed E-state index contributed by atoms with van der Waals surface area (Å²) < 4.78 is 0. The normalized spacial score (nSPS) is 15.4. The summed E-state index contributed by atoms with van der Waals surface area (Å²) in [6.45, 7) is 0. The van der Waals surface area contributed by atoms with Gasteiger partial charge in [-0.3, -0.25) is 0 Å². The number of fused-ring (bicyclic) bond motifs is 19. The molecular weight excluding hydrogens is 823 g/mol. The zero-order valence-electron chi connectivity index (χ0n) is 37.1. The van der Waals surface area contributed by atoms with Crippen molar-refractivity contribution in [2.75, 3.05) is 0 Å². The Hall–Kier alpha value is -8.53. The molecule has 0 amide bonds. The van der Waals surface area contributed by atoms with Crippen LogP contribution in [-0.4, -0.2) is 15.0 Å². The average Bonchev–Trinajstić information content (AvgIpc) is 4.10. The molecule has 1 heterocycles. The Morgan fingerprint density at radius 3 is 1.18 bits per heavy atom. The molecule has 5 aliphatic rings. The third-order valence-corrected chi connectivity index (χ3v) is 15.7. The van der Waals surface area contributed by atoms with Crippen LogP contribution in [0.4, 0.5) is 0 Å². The number of hydrogen-bond donors (Lipinski definition) is 0. The van der Waals surface area contributed by atoms with Crippen LogP contribution in [0.15, 0.2) is 230 Å². The van der Waals surface area contributed by atoms with Crippen molar-refractivity contribution in [2.24, 2.45) is 0 Å². The van der Waals surface area contributed by atoms with Crippen LogP contribution in [0, 0.1) is 0 Å². The lowest BCUT2D eigenvalue weighted by atomic mass is 9.68. The molecule has 0 atom stereocenters. The topological polar surface area (TPSA) is 38.7 Å². The van der Waals surface area contributed by atoms with E-state index < -0.39 is 10.8 Å². The molecule has 0 unspecified atom stereocenters. The molecule has 0 aliphatic heterocycles. The van der Waals surface area contributed by atoms with Crippen LogP contribution in [0.1, 0.15) is 57.3 Å². The smallest absolute Gasteiger partial charge is 0.164 e. The summed E-state index contributed by atoms with van der Waals surface area (Å²) in [5.41, 5.74) is 25.4. The van der Waals surface area contributed by atoms with Crippen LogP contribution in [0.3, 0.4) is 0 Å². The first kappa shape index (κ1) is 37.7. The Kier molecular flexibility index (Phi) is 7.75. The second kappa shape index (κ2) is 14.0. The Morgan fingerprint density at radius 2 is 0.662 bits per heavy atom. The molecule has 5 aliphatic carbocycles. The molecule has 0 bridgehead atoms. The molecular formula is C65H41N3. The standard InChI is InChI=1S/C65H41N3/c1-2-16-40(17-3-1)41-30-32-42(33-31-41)61-66-62(43-34-36-51-49-22-8-14-28-57(49)64(59(51)38-43)53-24-10-4-18-45(53)46-19-5-11-25-54(46)64)68-63(67-61)44-35-37-52-50-23-9-15-29-58(50)65(60(52)39-44)55-26-12-6-20-47(55)48-21-7-13-27-56(48)65/h1-14,16-28,30-39H,15,29H2. The van der Waals surface area contributed by atoms with Crippen molar-refractivity contribution in [3.8, 4) is 78.7 Å². The highest BCUT2D eigenvalue weighted by Gasteiger charge is 2.53. The van der Waals surface area contributed by atoms with Crippen LogP contribution in [-0.2, 0) is 10.8 Å². The van der Waals surface area contributed by atoms with Gasteiger partial charge in [0.25, 0.3) is 0 Å². The molecule has 3 nitrogen and oxygen atoms in total. The minimum absolute atomic E-state index is 0.401. The fraction of sp³-hybridized carbons (Fsp3) is 0.0615. The predicted octanol–water partition coefficient (Wildman–Crippen LogP) is 15.3. The lowest BCUT2D eigenvalue weighted by Crippen LogP contribution is -2.27. The third-order valence-electron chi connectivity index (χ3n) is 15.7. The van der Waals surface area contributed by atoms with Crippen molar-refractivity contribution in [3.05, 3.63) is 275 Å². The van der Waals surface area contributed by atoms with E-state index in [9.17, 15) is 0 Å². The lowest BCUT2D eigenvalue weighted by molar-refractivity contribution is 0.714. The number of hydrogen-bond acceptors (Lipinski definition) is 3. The largest absolute Gasteiger partial charge is 0.208 e. The van der Waals surface area contributed by atoms with E-state index in [1.807, 2.05) is 0 Å². The summed E-state index contributed by atoms with van der Waals surface area (Å²) in [6.07, 6.45) is 6.75. The molecule has 10 aromatic rings. The number of benzene rings is 9. The minimum Gasteiger partial charge on any atom is -0.208 e. The van der Waals surface area contributed by atoms with E-state index in [0.717, 1.165) is 35.1 Å². The van der Waals surface area contributed by atoms with Crippen molar-refractivity contribution in [2.45, 2.75) is 23.7 Å². The third kappa shape index (κ3) is 4.90. The van der Waals surface area contributed by atoms with E-state index in [0.29, 0.717) is 17.5 Å². The van der Waals surface area contributed by atoms with Gasteiger partial charge in [0, 0.05) is 16.7 Å². The van der Waals surface area contributed by atoms with Gasteiger partial charge in [-0.2, -0.15) is 0 Å². The highest BCUT2D eigenvalue weighted by Crippen LogP contribution is 2.65. The van der Waals surface area contributed by atoms with Crippen molar-refractivity contribution >= 4 is 5.57 Å². The Morgan fingerprint density at radius 1 is 0.294 bits per heavy atom. The first-order valence-electron chi connectivity index (χ1n) is 23.8. The maximum Gasteiger partial charge on any atom is 0.164 e. The van der Waals surface area contributed by atoms with Crippen LogP contribution < -0.4 is 0 Å². The van der Waals surface area contributed by atoms with Gasteiger partial charge in [0.05, 0.1) is 10.8 Å². The zero-order chi connectivity index (χ0) is 44.6. The maximum atomic E-state index is 5.51. The van der Waals surface area contributed by atoms with Gasteiger partial charge in [0.2, 0.25) is 0 Å². The van der Waals surface area contributed by atoms with E-state index in [2.05, 4.69) is 224 Å². The van der Waals surface area contributed by atoms with Crippen LogP contribution >= 0.6 is 0 Å². The van der Waals surface area contributed by atoms with E-state index in [4.69, 9.17) is 15.0 Å². The van der Waals surface area contributed by atoms with E-state index in [-0.39, 0.29) is 0 Å². The van der Waals surface area contributed by atoms with Gasteiger partial charge in [-0.05, 0) is 125 Å². The molecule has 0 saturated heterocycles. The van der Waals surface area contributed by atoms with Gasteiger partial charge in [-0.25, -0.2) is 15.0 Å². The summed E-state index contributed by atoms with van der Waals surface area (Å²) in [4.78, 5) is 16.3. The fourth-order valence-electron chi connectivity index (χ4n) is 13.0. The highest BCUT2D eigenvalue weighted by molar-refractivity contribution is 5.99. The molecule has 2 spiro atoms. The van der Waals surface area contributed by atoms with Crippen molar-refractivity contribution in [1.82, 2.24) is 15.0 Å². The summed E-state index contributed by atoms with van der Waals surface area (Å²) >= 11 is 0. The van der Waals surface area contributed by atoms with Gasteiger partial charge in [0.15, 0.2) is 17.5 Å². The second-order valence-corrected chi connectivity index (χ2v) is 18.8.